The van der Waals surface area contributed by atoms with Crippen molar-refractivity contribution in [1.29, 1.82) is 0 Å². The molecule has 19 heavy (non-hydrogen) atoms. The highest BCUT2D eigenvalue weighted by Crippen LogP contribution is 2.32. The topological polar surface area (TPSA) is 0 Å². The maximum absolute atomic E-state index is 13.7. The van der Waals surface area contributed by atoms with Crippen LogP contribution in [-0.4, -0.2) is 0 Å². The molecule has 0 bridgehead atoms. The third-order valence-corrected chi connectivity index (χ3v) is 3.80. The Hall–Kier alpha value is -1.29. The van der Waals surface area contributed by atoms with Crippen LogP contribution in [0, 0.1) is 24.4 Å². The van der Waals surface area contributed by atoms with Crippen molar-refractivity contribution in [1.82, 2.24) is 0 Å². The molecular formula is C15H12BrF3. The van der Waals surface area contributed by atoms with Gasteiger partial charge < -0.3 is 0 Å². The summed E-state index contributed by atoms with van der Waals surface area (Å²) in [5, 5.41) is 0. The summed E-state index contributed by atoms with van der Waals surface area (Å²) in [7, 11) is 0. The van der Waals surface area contributed by atoms with Gasteiger partial charge >= 0.3 is 0 Å². The Bertz CT molecular complexity index is 573. The second kappa shape index (κ2) is 5.78. The molecule has 0 aliphatic carbocycles. The van der Waals surface area contributed by atoms with Gasteiger partial charge in [-0.25, -0.2) is 13.2 Å². The van der Waals surface area contributed by atoms with Crippen LogP contribution in [0.15, 0.2) is 36.4 Å². The number of benzene rings is 2. The summed E-state index contributed by atoms with van der Waals surface area (Å²) in [4.78, 5) is -0.533. The lowest BCUT2D eigenvalue weighted by Crippen LogP contribution is -2.04. The van der Waals surface area contributed by atoms with E-state index >= 15 is 0 Å². The largest absolute Gasteiger partial charge is 0.207 e. The first-order valence-corrected chi connectivity index (χ1v) is 6.73. The highest BCUT2D eigenvalue weighted by atomic mass is 79.9. The lowest BCUT2D eigenvalue weighted by atomic mass is 10.00. The van der Waals surface area contributed by atoms with Crippen molar-refractivity contribution in [2.75, 3.05) is 0 Å². The van der Waals surface area contributed by atoms with Gasteiger partial charge in [0.1, 0.15) is 17.5 Å². The molecule has 1 unspecified atom stereocenters. The normalized spacial score (nSPS) is 12.5. The van der Waals surface area contributed by atoms with Crippen molar-refractivity contribution in [3.8, 4) is 0 Å². The van der Waals surface area contributed by atoms with Crippen LogP contribution >= 0.6 is 15.9 Å². The van der Waals surface area contributed by atoms with Crippen LogP contribution < -0.4 is 0 Å². The zero-order chi connectivity index (χ0) is 14.0. The molecule has 0 saturated heterocycles. The minimum absolute atomic E-state index is 0.135. The first-order chi connectivity index (χ1) is 8.99. The Morgan fingerprint density at radius 1 is 1.05 bits per heavy atom. The van der Waals surface area contributed by atoms with Crippen molar-refractivity contribution >= 4 is 15.9 Å². The fourth-order valence-electron chi connectivity index (χ4n) is 1.99. The van der Waals surface area contributed by atoms with E-state index in [1.54, 1.807) is 0 Å². The third-order valence-electron chi connectivity index (χ3n) is 3.02. The monoisotopic (exact) mass is 328 g/mol. The predicted molar refractivity (Wildman–Crippen MR) is 72.9 cm³/mol. The predicted octanol–water partition coefficient (Wildman–Crippen LogP) is 5.09. The molecule has 0 saturated carbocycles. The first kappa shape index (κ1) is 14.1. The number of rotatable bonds is 3. The van der Waals surface area contributed by atoms with E-state index < -0.39 is 22.3 Å². The van der Waals surface area contributed by atoms with Crippen LogP contribution in [0.5, 0.6) is 0 Å². The number of alkyl halides is 1. The molecule has 0 heterocycles. The van der Waals surface area contributed by atoms with Crippen molar-refractivity contribution in [2.24, 2.45) is 0 Å². The van der Waals surface area contributed by atoms with E-state index in [2.05, 4.69) is 15.9 Å². The Morgan fingerprint density at radius 2 is 1.63 bits per heavy atom. The smallest absolute Gasteiger partial charge is 0.133 e. The summed E-state index contributed by atoms with van der Waals surface area (Å²) in [5.74, 6) is -2.64. The fraction of sp³-hybridized carbons (Fsp3) is 0.200. The quantitative estimate of drug-likeness (QED) is 0.688. The van der Waals surface area contributed by atoms with E-state index in [9.17, 15) is 13.2 Å². The molecule has 0 aromatic heterocycles. The zero-order valence-corrected chi connectivity index (χ0v) is 11.8. The van der Waals surface area contributed by atoms with Gasteiger partial charge in [0.25, 0.3) is 0 Å². The molecule has 2 aromatic rings. The van der Waals surface area contributed by atoms with Crippen LogP contribution in [-0.2, 0) is 6.42 Å². The molecule has 0 fully saturated rings. The minimum atomic E-state index is -0.908. The lowest BCUT2D eigenvalue weighted by molar-refractivity contribution is 0.522. The third kappa shape index (κ3) is 3.18. The van der Waals surface area contributed by atoms with Gasteiger partial charge in [-0.3, -0.25) is 0 Å². The van der Waals surface area contributed by atoms with Gasteiger partial charge in [-0.05, 0) is 24.5 Å². The fourth-order valence-corrected chi connectivity index (χ4v) is 2.77. The molecule has 0 spiro atoms. The molecule has 4 heteroatoms. The molecular weight excluding hydrogens is 317 g/mol. The Morgan fingerprint density at radius 3 is 2.21 bits per heavy atom. The van der Waals surface area contributed by atoms with Gasteiger partial charge in [-0.15, -0.1) is 0 Å². The number of halogens is 4. The Balaban J connectivity index is 2.31. The first-order valence-electron chi connectivity index (χ1n) is 5.82. The number of hydrogen-bond donors (Lipinski definition) is 0. The van der Waals surface area contributed by atoms with E-state index in [4.69, 9.17) is 0 Å². The van der Waals surface area contributed by atoms with Crippen molar-refractivity contribution in [3.05, 3.63) is 70.5 Å². The second-order valence-electron chi connectivity index (χ2n) is 4.38. The van der Waals surface area contributed by atoms with Crippen LogP contribution in [0.4, 0.5) is 13.2 Å². The Labute approximate surface area is 118 Å². The van der Waals surface area contributed by atoms with Gasteiger partial charge in [0.2, 0.25) is 0 Å². The maximum Gasteiger partial charge on any atom is 0.133 e. The molecule has 0 nitrogen and oxygen atoms in total. The zero-order valence-electron chi connectivity index (χ0n) is 10.3. The number of hydrogen-bond acceptors (Lipinski definition) is 0. The van der Waals surface area contributed by atoms with E-state index in [1.165, 1.54) is 0 Å². The number of aryl methyl sites for hydroxylation is 1. The van der Waals surface area contributed by atoms with E-state index in [0.29, 0.717) is 18.6 Å². The molecule has 0 aliphatic rings. The van der Waals surface area contributed by atoms with Crippen LogP contribution in [0.3, 0.4) is 0 Å². The average molecular weight is 329 g/mol. The van der Waals surface area contributed by atoms with Crippen LogP contribution in [0.1, 0.15) is 21.5 Å². The van der Waals surface area contributed by atoms with E-state index in [0.717, 1.165) is 11.1 Å². The maximum atomic E-state index is 13.7. The SMILES string of the molecule is Cc1ccccc1CC(Br)c1c(F)cc(F)cc1F. The molecule has 1 atom stereocenters. The summed E-state index contributed by atoms with van der Waals surface area (Å²) in [6.07, 6.45) is 0.437. The lowest BCUT2D eigenvalue weighted by Gasteiger charge is -2.14. The summed E-state index contributed by atoms with van der Waals surface area (Å²) in [6.45, 7) is 1.94. The van der Waals surface area contributed by atoms with Crippen molar-refractivity contribution in [2.45, 2.75) is 18.2 Å². The Kier molecular flexibility index (Phi) is 4.30. The highest BCUT2D eigenvalue weighted by Gasteiger charge is 2.20. The minimum Gasteiger partial charge on any atom is -0.207 e. The summed E-state index contributed by atoms with van der Waals surface area (Å²) in [5.41, 5.74) is 1.91. The van der Waals surface area contributed by atoms with Crippen LogP contribution in [0.25, 0.3) is 0 Å². The van der Waals surface area contributed by atoms with Gasteiger partial charge in [-0.2, -0.15) is 0 Å². The van der Waals surface area contributed by atoms with E-state index in [1.807, 2.05) is 31.2 Å². The molecule has 0 radical (unpaired) electrons. The molecule has 0 N–H and O–H groups in total. The molecule has 0 aliphatic heterocycles. The standard InChI is InChI=1S/C15H12BrF3/c1-9-4-2-3-5-10(9)6-12(16)15-13(18)7-11(17)8-14(15)19/h2-5,7-8,12H,6H2,1H3. The van der Waals surface area contributed by atoms with Crippen molar-refractivity contribution in [3.63, 3.8) is 0 Å². The highest BCUT2D eigenvalue weighted by molar-refractivity contribution is 9.09. The molecule has 2 aromatic carbocycles. The summed E-state index contributed by atoms with van der Waals surface area (Å²) >= 11 is 3.28. The van der Waals surface area contributed by atoms with Gasteiger partial charge in [0, 0.05) is 22.5 Å². The molecule has 2 rings (SSSR count). The average Bonchev–Trinajstić information content (AvgIpc) is 2.30. The summed E-state index contributed by atoms with van der Waals surface area (Å²) < 4.78 is 40.2. The van der Waals surface area contributed by atoms with E-state index in [-0.39, 0.29) is 5.56 Å². The van der Waals surface area contributed by atoms with Crippen molar-refractivity contribution < 1.29 is 13.2 Å². The van der Waals surface area contributed by atoms with Crippen LogP contribution in [0.2, 0.25) is 0 Å². The molecule has 100 valence electrons. The van der Waals surface area contributed by atoms with Gasteiger partial charge in [0.05, 0.1) is 0 Å². The molecule has 0 amide bonds. The second-order valence-corrected chi connectivity index (χ2v) is 5.49. The van der Waals surface area contributed by atoms with Gasteiger partial charge in [-0.1, -0.05) is 40.2 Å². The summed E-state index contributed by atoms with van der Waals surface area (Å²) in [6, 6.07) is 9.02. The van der Waals surface area contributed by atoms with Gasteiger partial charge in [0.15, 0.2) is 0 Å².